The Kier molecular flexibility index (Phi) is 5.77. The van der Waals surface area contributed by atoms with Crippen LogP contribution < -0.4 is 10.4 Å². The third kappa shape index (κ3) is 4.38. The molecule has 0 atom stereocenters. The number of ether oxygens (including phenoxy) is 1. The Labute approximate surface area is 187 Å². The van der Waals surface area contributed by atoms with Gasteiger partial charge in [0.15, 0.2) is 0 Å². The second kappa shape index (κ2) is 8.83. The number of carboxylic acids is 1. The number of anilines is 1. The van der Waals surface area contributed by atoms with Crippen molar-refractivity contribution in [2.45, 2.75) is 6.92 Å². The molecule has 1 saturated heterocycles. The minimum atomic E-state index is -1.06. The predicted octanol–water partition coefficient (Wildman–Crippen LogP) is 3.28. The molecule has 3 aromatic rings. The molecule has 0 radical (unpaired) electrons. The fourth-order valence-electron chi connectivity index (χ4n) is 3.23. The third-order valence-corrected chi connectivity index (χ3v) is 4.84. The summed E-state index contributed by atoms with van der Waals surface area (Å²) in [6.45, 7) is 1.95. The van der Waals surface area contributed by atoms with Gasteiger partial charge >= 0.3 is 11.9 Å². The van der Waals surface area contributed by atoms with E-state index in [4.69, 9.17) is 14.3 Å². The van der Waals surface area contributed by atoms with Crippen LogP contribution >= 0.6 is 0 Å². The van der Waals surface area contributed by atoms with Gasteiger partial charge in [0.2, 0.25) is 0 Å². The van der Waals surface area contributed by atoms with Gasteiger partial charge in [-0.2, -0.15) is 0 Å². The summed E-state index contributed by atoms with van der Waals surface area (Å²) in [5.74, 6) is -2.10. The monoisotopic (exact) mass is 446 g/mol. The predicted molar refractivity (Wildman–Crippen MR) is 117 cm³/mol. The van der Waals surface area contributed by atoms with Crippen molar-refractivity contribution in [1.82, 2.24) is 5.43 Å². The van der Waals surface area contributed by atoms with Gasteiger partial charge < -0.3 is 14.3 Å². The molecule has 2 N–H and O–H groups in total. The molecule has 0 bridgehead atoms. The normalized spacial score (nSPS) is 14.5. The summed E-state index contributed by atoms with van der Waals surface area (Å²) in [4.78, 5) is 48.2. The molecule has 1 aliphatic rings. The highest BCUT2D eigenvalue weighted by atomic mass is 16.5. The maximum atomic E-state index is 12.8. The van der Waals surface area contributed by atoms with Gasteiger partial charge in [-0.3, -0.25) is 15.0 Å². The van der Waals surface area contributed by atoms with Crippen LogP contribution in [-0.2, 0) is 14.3 Å². The summed E-state index contributed by atoms with van der Waals surface area (Å²) in [6, 6.07) is 15.5. The van der Waals surface area contributed by atoms with Gasteiger partial charge in [0.1, 0.15) is 17.1 Å². The zero-order valence-electron chi connectivity index (χ0n) is 17.4. The first-order chi connectivity index (χ1) is 15.9. The van der Waals surface area contributed by atoms with Crippen molar-refractivity contribution < 1.29 is 33.4 Å². The number of nitrogens with one attached hydrogen (secondary N) is 1. The van der Waals surface area contributed by atoms with Crippen molar-refractivity contribution >= 4 is 35.5 Å². The Balaban J connectivity index is 1.55. The number of nitrogens with zero attached hydrogens (tertiary/aromatic N) is 1. The second-order valence-corrected chi connectivity index (χ2v) is 6.99. The minimum absolute atomic E-state index is 0.110. The molecule has 9 heteroatoms. The number of hydrogen-bond donors (Lipinski definition) is 2. The highest BCUT2D eigenvalue weighted by Gasteiger charge is 2.34. The Morgan fingerprint density at radius 1 is 1.06 bits per heavy atom. The molecule has 33 heavy (non-hydrogen) atoms. The molecule has 2 aromatic carbocycles. The van der Waals surface area contributed by atoms with E-state index in [1.807, 2.05) is 0 Å². The van der Waals surface area contributed by atoms with E-state index in [9.17, 15) is 19.2 Å². The van der Waals surface area contributed by atoms with Crippen molar-refractivity contribution in [3.8, 4) is 11.3 Å². The molecule has 9 nitrogen and oxygen atoms in total. The number of hydrazine groups is 1. The van der Waals surface area contributed by atoms with Crippen molar-refractivity contribution in [2.75, 3.05) is 11.6 Å². The van der Waals surface area contributed by atoms with Crippen molar-refractivity contribution in [2.24, 2.45) is 0 Å². The van der Waals surface area contributed by atoms with E-state index in [-0.39, 0.29) is 23.5 Å². The van der Waals surface area contributed by atoms with E-state index >= 15 is 0 Å². The molecule has 166 valence electrons. The molecular formula is C24H18N2O7. The second-order valence-electron chi connectivity index (χ2n) is 6.99. The Morgan fingerprint density at radius 2 is 1.82 bits per heavy atom. The van der Waals surface area contributed by atoms with E-state index < -0.39 is 23.8 Å². The summed E-state index contributed by atoms with van der Waals surface area (Å²) in [7, 11) is 0. The van der Waals surface area contributed by atoms with Gasteiger partial charge in [0, 0.05) is 5.56 Å². The number of benzene rings is 2. The lowest BCUT2D eigenvalue weighted by atomic mass is 10.1. The lowest BCUT2D eigenvalue weighted by Crippen LogP contribution is -2.35. The van der Waals surface area contributed by atoms with Gasteiger partial charge in [-0.05, 0) is 61.5 Å². The zero-order valence-corrected chi connectivity index (χ0v) is 17.4. The molecule has 2 amide bonds. The van der Waals surface area contributed by atoms with Crippen LogP contribution in [0.1, 0.15) is 33.4 Å². The fourth-order valence-corrected chi connectivity index (χ4v) is 3.23. The number of aromatic carboxylic acids is 1. The number of furan rings is 1. The Morgan fingerprint density at radius 3 is 2.52 bits per heavy atom. The number of carbonyl (C=O) groups excluding carboxylic acids is 3. The van der Waals surface area contributed by atoms with Gasteiger partial charge in [0.05, 0.1) is 23.4 Å². The van der Waals surface area contributed by atoms with Gasteiger partial charge in [-0.1, -0.05) is 12.1 Å². The topological polar surface area (TPSA) is 126 Å². The average molecular weight is 446 g/mol. The number of amides is 2. The van der Waals surface area contributed by atoms with Crippen LogP contribution in [0.15, 0.2) is 70.7 Å². The number of hydrogen-bond acceptors (Lipinski definition) is 6. The SMILES string of the molecule is CCOC(=O)c1ccc(N2NC(=O)/C(=C\c3ccc(-c4cccc(C(=O)O)c4)o3)C2=O)cc1. The van der Waals surface area contributed by atoms with Crippen molar-refractivity contribution in [3.05, 3.63) is 83.1 Å². The van der Waals surface area contributed by atoms with E-state index in [0.717, 1.165) is 5.01 Å². The van der Waals surface area contributed by atoms with Crippen molar-refractivity contribution in [3.63, 3.8) is 0 Å². The third-order valence-electron chi connectivity index (χ3n) is 4.84. The Bertz CT molecular complexity index is 1290. The van der Waals surface area contributed by atoms with Crippen LogP contribution in [0.4, 0.5) is 5.69 Å². The molecular weight excluding hydrogens is 428 g/mol. The summed E-state index contributed by atoms with van der Waals surface area (Å²) in [5.41, 5.74) is 3.69. The number of carbonyl (C=O) groups is 4. The van der Waals surface area contributed by atoms with E-state index in [1.165, 1.54) is 42.5 Å². The lowest BCUT2D eigenvalue weighted by Gasteiger charge is -2.14. The van der Waals surface area contributed by atoms with Crippen LogP contribution in [-0.4, -0.2) is 35.5 Å². The quantitative estimate of drug-likeness (QED) is 0.338. The molecule has 0 unspecified atom stereocenters. The van der Waals surface area contributed by atoms with Gasteiger partial charge in [0.25, 0.3) is 11.8 Å². The first-order valence-electron chi connectivity index (χ1n) is 9.95. The summed E-state index contributed by atoms with van der Waals surface area (Å²) >= 11 is 0. The van der Waals surface area contributed by atoms with Crippen LogP contribution in [0.2, 0.25) is 0 Å². The van der Waals surface area contributed by atoms with Crippen LogP contribution in [0.5, 0.6) is 0 Å². The highest BCUT2D eigenvalue weighted by Crippen LogP contribution is 2.26. The number of carboxylic acid groups (broad SMARTS) is 1. The van der Waals surface area contributed by atoms with Crippen LogP contribution in [0.25, 0.3) is 17.4 Å². The molecule has 0 aliphatic carbocycles. The number of rotatable bonds is 6. The smallest absolute Gasteiger partial charge is 0.338 e. The molecule has 2 heterocycles. The van der Waals surface area contributed by atoms with Gasteiger partial charge in [-0.15, -0.1) is 0 Å². The van der Waals surface area contributed by atoms with Crippen LogP contribution in [0, 0.1) is 0 Å². The first kappa shape index (κ1) is 21.6. The average Bonchev–Trinajstić information content (AvgIpc) is 3.40. The summed E-state index contributed by atoms with van der Waals surface area (Å²) < 4.78 is 10.6. The molecule has 4 rings (SSSR count). The number of esters is 1. The largest absolute Gasteiger partial charge is 0.478 e. The maximum absolute atomic E-state index is 12.8. The van der Waals surface area contributed by atoms with Crippen LogP contribution in [0.3, 0.4) is 0 Å². The van der Waals surface area contributed by atoms with E-state index in [1.54, 1.807) is 31.2 Å². The van der Waals surface area contributed by atoms with Gasteiger partial charge in [-0.25, -0.2) is 14.6 Å². The zero-order chi connectivity index (χ0) is 23.5. The minimum Gasteiger partial charge on any atom is -0.478 e. The van der Waals surface area contributed by atoms with E-state index in [0.29, 0.717) is 22.6 Å². The standard InChI is InChI=1S/C24H18N2O7/c1-2-32-24(31)14-6-8-17(9-7-14)26-22(28)19(21(27)25-26)13-18-10-11-20(33-18)15-4-3-5-16(12-15)23(29)30/h3-13H,2H2,1H3,(H,25,27)(H,29,30)/b19-13+. The maximum Gasteiger partial charge on any atom is 0.338 e. The molecule has 1 aromatic heterocycles. The Hall–Kier alpha value is -4.66. The summed E-state index contributed by atoms with van der Waals surface area (Å²) in [5, 5.41) is 10.2. The molecule has 0 spiro atoms. The van der Waals surface area contributed by atoms with Crippen molar-refractivity contribution in [1.29, 1.82) is 0 Å². The fraction of sp³-hybridized carbons (Fsp3) is 0.0833. The summed E-state index contributed by atoms with van der Waals surface area (Å²) in [6.07, 6.45) is 1.31. The lowest BCUT2D eigenvalue weighted by molar-refractivity contribution is -0.117. The first-order valence-corrected chi connectivity index (χ1v) is 9.95. The molecule has 0 saturated carbocycles. The molecule has 1 aliphatic heterocycles. The van der Waals surface area contributed by atoms with E-state index in [2.05, 4.69) is 5.43 Å². The highest BCUT2D eigenvalue weighted by molar-refractivity contribution is 6.31. The molecule has 1 fully saturated rings.